The largest absolute Gasteiger partial charge is 0.394 e. The summed E-state index contributed by atoms with van der Waals surface area (Å²) >= 11 is 0. The van der Waals surface area contributed by atoms with Gasteiger partial charge < -0.3 is 115 Å². The van der Waals surface area contributed by atoms with Gasteiger partial charge in [-0.2, -0.15) is 0 Å². The summed E-state index contributed by atoms with van der Waals surface area (Å²) in [4.78, 5) is 0. The van der Waals surface area contributed by atoms with Gasteiger partial charge in [0.2, 0.25) is 0 Å². The Morgan fingerprint density at radius 1 is 0.520 bits per heavy atom. The lowest BCUT2D eigenvalue weighted by Gasteiger charge is -2.47. The van der Waals surface area contributed by atoms with Crippen molar-refractivity contribution >= 4 is 0 Å². The number of hydrogen-bond donors (Lipinski definition) is 15. The van der Waals surface area contributed by atoms with Crippen LogP contribution in [-0.4, -0.2) is 240 Å². The predicted molar refractivity (Wildman–Crippen MR) is 153 cm³/mol. The summed E-state index contributed by atoms with van der Waals surface area (Å²) in [6, 6.07) is -1.52. The Bertz CT molecular complexity index is 1020. The van der Waals surface area contributed by atoms with Crippen LogP contribution in [0.15, 0.2) is 0 Å². The molecular weight excluding hydrogens is 690 g/mol. The fourth-order valence-corrected chi connectivity index (χ4v) is 5.85. The lowest BCUT2D eigenvalue weighted by Crippen LogP contribution is -2.67. The summed E-state index contributed by atoms with van der Waals surface area (Å²) in [5.41, 5.74) is 6.04. The first-order valence-corrected chi connectivity index (χ1v) is 15.8. The highest BCUT2D eigenvalue weighted by molar-refractivity contribution is 4.97. The van der Waals surface area contributed by atoms with Gasteiger partial charge in [-0.1, -0.05) is 0 Å². The van der Waals surface area contributed by atoms with Gasteiger partial charge in [0.05, 0.1) is 45.7 Å². The van der Waals surface area contributed by atoms with Crippen molar-refractivity contribution < 1.29 is 109 Å². The molecule has 23 heteroatoms. The molecular formula is C27H49NO22. The summed E-state index contributed by atoms with van der Waals surface area (Å²) in [5, 5.41) is 142. The molecule has 50 heavy (non-hydrogen) atoms. The van der Waals surface area contributed by atoms with Crippen LogP contribution >= 0.6 is 0 Å². The van der Waals surface area contributed by atoms with Crippen LogP contribution in [-0.2, 0) is 37.9 Å². The van der Waals surface area contributed by atoms with Crippen molar-refractivity contribution in [2.45, 2.75) is 129 Å². The summed E-state index contributed by atoms with van der Waals surface area (Å²) < 4.78 is 44.4. The monoisotopic (exact) mass is 739 g/mol. The maximum atomic E-state index is 10.8. The molecule has 4 aliphatic heterocycles. The van der Waals surface area contributed by atoms with Gasteiger partial charge in [-0.3, -0.25) is 0 Å². The molecule has 16 N–H and O–H groups in total. The SMILES string of the molecule is N[C@H]1[C@H](O[C@H]2[C@@H](OCC(O)CO)O[C@H](CO)[C@@H](O)[C@@H]2O)O[C@H](CO[C@H]2O[C@H](CO)[C@H](O)[C@H](O)[C@H]2O[C@@H]2O[C@@H]([C@H](O)CO)[C@H](O)[C@H]2O)[C@@H](O)[C@@H]1O. The summed E-state index contributed by atoms with van der Waals surface area (Å²) in [7, 11) is 0. The number of nitrogens with two attached hydrogens (primary N) is 1. The number of aliphatic hydroxyl groups is 14. The quantitative estimate of drug-likeness (QED) is 0.0741. The van der Waals surface area contributed by atoms with Crippen molar-refractivity contribution in [2.75, 3.05) is 39.6 Å². The van der Waals surface area contributed by atoms with E-state index >= 15 is 0 Å². The lowest BCUT2D eigenvalue weighted by molar-refractivity contribution is -0.365. The molecule has 1 unspecified atom stereocenters. The van der Waals surface area contributed by atoms with E-state index in [9.17, 15) is 66.4 Å². The van der Waals surface area contributed by atoms with Crippen LogP contribution in [0.5, 0.6) is 0 Å². The Morgan fingerprint density at radius 2 is 1.02 bits per heavy atom. The predicted octanol–water partition coefficient (Wildman–Crippen LogP) is -10.4. The molecule has 0 aromatic heterocycles. The van der Waals surface area contributed by atoms with E-state index in [0.29, 0.717) is 0 Å². The topological polar surface area (TPSA) is 383 Å². The van der Waals surface area contributed by atoms with Crippen LogP contribution in [0.4, 0.5) is 0 Å². The molecule has 21 atom stereocenters. The second-order valence-electron chi connectivity index (χ2n) is 12.4. The first-order chi connectivity index (χ1) is 23.7. The molecule has 294 valence electrons. The minimum absolute atomic E-state index is 0.540. The van der Waals surface area contributed by atoms with Gasteiger partial charge in [-0.25, -0.2) is 0 Å². The van der Waals surface area contributed by atoms with Gasteiger partial charge in [-0.05, 0) is 0 Å². The van der Waals surface area contributed by atoms with E-state index in [-0.39, 0.29) is 0 Å². The third kappa shape index (κ3) is 9.05. The number of rotatable bonds is 15. The van der Waals surface area contributed by atoms with Crippen molar-refractivity contribution in [1.29, 1.82) is 0 Å². The molecule has 0 amide bonds. The van der Waals surface area contributed by atoms with Crippen molar-refractivity contribution in [3.63, 3.8) is 0 Å². The second-order valence-corrected chi connectivity index (χ2v) is 12.4. The van der Waals surface area contributed by atoms with Crippen LogP contribution in [0.3, 0.4) is 0 Å². The highest BCUT2D eigenvalue weighted by atomic mass is 16.8. The Kier molecular flexibility index (Phi) is 15.4. The first kappa shape index (κ1) is 41.8. The van der Waals surface area contributed by atoms with Gasteiger partial charge in [0, 0.05) is 0 Å². The Balaban J connectivity index is 1.48. The summed E-state index contributed by atoms with van der Waals surface area (Å²) in [5.74, 6) is 0. The van der Waals surface area contributed by atoms with Crippen molar-refractivity contribution in [1.82, 2.24) is 0 Å². The molecule has 23 nitrogen and oxygen atoms in total. The molecule has 0 spiro atoms. The Morgan fingerprint density at radius 3 is 1.54 bits per heavy atom. The fraction of sp³-hybridized carbons (Fsp3) is 1.00. The van der Waals surface area contributed by atoms with E-state index in [0.717, 1.165) is 0 Å². The normalized spacial score (nSPS) is 48.4. The van der Waals surface area contributed by atoms with E-state index in [1.807, 2.05) is 0 Å². The number of ether oxygens (including phenoxy) is 8. The molecule has 0 radical (unpaired) electrons. The van der Waals surface area contributed by atoms with Crippen LogP contribution < -0.4 is 5.73 Å². The van der Waals surface area contributed by atoms with Crippen molar-refractivity contribution in [3.8, 4) is 0 Å². The van der Waals surface area contributed by atoms with Gasteiger partial charge in [0.1, 0.15) is 97.7 Å². The molecule has 0 aromatic rings. The van der Waals surface area contributed by atoms with Crippen LogP contribution in [0.25, 0.3) is 0 Å². The highest BCUT2D eigenvalue weighted by Gasteiger charge is 2.54. The minimum Gasteiger partial charge on any atom is -0.394 e. The second kappa shape index (κ2) is 18.4. The van der Waals surface area contributed by atoms with Crippen LogP contribution in [0.2, 0.25) is 0 Å². The zero-order valence-electron chi connectivity index (χ0n) is 26.5. The molecule has 4 aliphatic rings. The maximum Gasteiger partial charge on any atom is 0.187 e. The smallest absolute Gasteiger partial charge is 0.187 e. The van der Waals surface area contributed by atoms with Crippen LogP contribution in [0, 0.1) is 0 Å². The van der Waals surface area contributed by atoms with Crippen LogP contribution in [0.1, 0.15) is 0 Å². The molecule has 4 saturated heterocycles. The molecule has 0 saturated carbocycles. The zero-order valence-corrected chi connectivity index (χ0v) is 26.5. The fourth-order valence-electron chi connectivity index (χ4n) is 5.85. The summed E-state index contributed by atoms with van der Waals surface area (Å²) in [6.07, 6.45) is -33.4. The van der Waals surface area contributed by atoms with E-state index in [2.05, 4.69) is 0 Å². The molecule has 4 fully saturated rings. The van der Waals surface area contributed by atoms with E-state index in [1.165, 1.54) is 0 Å². The molecule has 0 aliphatic carbocycles. The Hall–Kier alpha value is -0.920. The molecule has 0 aromatic carbocycles. The maximum absolute atomic E-state index is 10.8. The van der Waals surface area contributed by atoms with E-state index < -0.39 is 169 Å². The standard InChI is InChI=1S/C27H49NO22/c28-12-16(38)15(37)11(47-24(12)49-22-17(39)13(35)9(3-31)45-26(22)43-5-7(33)1-29)6-44-27-23(18(40)14(36)10(4-32)46-27)50-25-20(42)19(41)21(48-25)8(34)2-30/h7-27,29-42H,1-6,28H2/t7?,8-,9-,10-,11-,12-,13-,14+,15-,16-,17+,18+,19-,20-,21+,22-,23-,24+,25+,26+,27+/m1/s1. The highest BCUT2D eigenvalue weighted by Crippen LogP contribution is 2.33. The van der Waals surface area contributed by atoms with Gasteiger partial charge in [0.25, 0.3) is 0 Å². The molecule has 4 heterocycles. The lowest BCUT2D eigenvalue weighted by atomic mass is 9.96. The third-order valence-corrected chi connectivity index (χ3v) is 8.89. The average Bonchev–Trinajstić information content (AvgIpc) is 3.39. The zero-order chi connectivity index (χ0) is 37.0. The van der Waals surface area contributed by atoms with E-state index in [4.69, 9.17) is 48.7 Å². The van der Waals surface area contributed by atoms with E-state index in [1.54, 1.807) is 0 Å². The summed E-state index contributed by atoms with van der Waals surface area (Å²) in [6.45, 7) is -4.39. The third-order valence-electron chi connectivity index (χ3n) is 8.89. The number of hydrogen-bond acceptors (Lipinski definition) is 23. The average molecular weight is 740 g/mol. The van der Waals surface area contributed by atoms with Gasteiger partial charge >= 0.3 is 0 Å². The molecule has 0 bridgehead atoms. The molecule has 4 rings (SSSR count). The Labute approximate surface area is 284 Å². The van der Waals surface area contributed by atoms with Crippen molar-refractivity contribution in [3.05, 3.63) is 0 Å². The minimum atomic E-state index is -1.89. The van der Waals surface area contributed by atoms with Gasteiger partial charge in [-0.15, -0.1) is 0 Å². The van der Waals surface area contributed by atoms with Gasteiger partial charge in [0.15, 0.2) is 25.2 Å². The van der Waals surface area contributed by atoms with Crippen molar-refractivity contribution in [2.24, 2.45) is 5.73 Å². The first-order valence-electron chi connectivity index (χ1n) is 15.8. The number of aliphatic hydroxyl groups excluding tert-OH is 14.